The summed E-state index contributed by atoms with van der Waals surface area (Å²) >= 11 is 0. The van der Waals surface area contributed by atoms with Crippen molar-refractivity contribution in [2.75, 3.05) is 36.4 Å². The number of aromatic nitrogens is 1. The van der Waals surface area contributed by atoms with E-state index in [0.29, 0.717) is 57.6 Å². The molecule has 1 N–H and O–H groups in total. The summed E-state index contributed by atoms with van der Waals surface area (Å²) in [6, 6.07) is 12.5. The standard InChI is InChI=1S/C30H31F4N5O4/c31-21-3-1-20(2-4-21)17-29(40)38-15-13-37(14-16-38)28-19-25(11-12-35-28)43-24-8-5-22(6-9-24)36-23-7-10-27(39(41)42)26(18-23)30(32,33)34/h1-4,7,10-12,18-19,22,24,36H,5-6,8-9,13-17H2. The molecule has 2 aromatic carbocycles. The van der Waals surface area contributed by atoms with Gasteiger partial charge in [0.05, 0.1) is 17.4 Å². The number of ether oxygens (including phenoxy) is 1. The molecule has 0 radical (unpaired) electrons. The minimum atomic E-state index is -4.83. The number of piperazine rings is 1. The van der Waals surface area contributed by atoms with E-state index in [0.717, 1.165) is 23.5 Å². The first-order chi connectivity index (χ1) is 20.5. The number of nitro groups is 1. The minimum Gasteiger partial charge on any atom is -0.490 e. The molecule has 2 fully saturated rings. The number of carbonyl (C=O) groups is 1. The molecule has 1 aromatic heterocycles. The Labute approximate surface area is 245 Å². The van der Waals surface area contributed by atoms with Gasteiger partial charge in [0.2, 0.25) is 5.91 Å². The number of rotatable bonds is 8. The van der Waals surface area contributed by atoms with E-state index in [2.05, 4.69) is 15.2 Å². The van der Waals surface area contributed by atoms with Gasteiger partial charge in [-0.15, -0.1) is 0 Å². The number of nitrogens with zero attached hydrogens (tertiary/aromatic N) is 4. The van der Waals surface area contributed by atoms with E-state index in [1.807, 2.05) is 6.07 Å². The molecule has 0 unspecified atom stereocenters. The molecule has 228 valence electrons. The normalized spacial score (nSPS) is 19.2. The van der Waals surface area contributed by atoms with Crippen molar-refractivity contribution in [3.63, 3.8) is 0 Å². The summed E-state index contributed by atoms with van der Waals surface area (Å²) in [6.07, 6.45) is -0.308. The highest BCUT2D eigenvalue weighted by atomic mass is 19.4. The van der Waals surface area contributed by atoms with Crippen molar-refractivity contribution in [2.45, 2.75) is 50.4 Å². The maximum absolute atomic E-state index is 13.3. The van der Waals surface area contributed by atoms with Gasteiger partial charge in [0.1, 0.15) is 22.9 Å². The van der Waals surface area contributed by atoms with Crippen LogP contribution in [0.5, 0.6) is 5.75 Å². The van der Waals surface area contributed by atoms with Crippen LogP contribution in [-0.2, 0) is 17.4 Å². The van der Waals surface area contributed by atoms with Crippen LogP contribution in [0.2, 0.25) is 0 Å². The van der Waals surface area contributed by atoms with Crippen LogP contribution in [0.4, 0.5) is 34.8 Å². The second kappa shape index (κ2) is 12.8. The monoisotopic (exact) mass is 601 g/mol. The fraction of sp³-hybridized carbons (Fsp3) is 0.400. The van der Waals surface area contributed by atoms with Crippen LogP contribution >= 0.6 is 0 Å². The third-order valence-electron chi connectivity index (χ3n) is 7.79. The molecule has 1 aliphatic heterocycles. The van der Waals surface area contributed by atoms with E-state index in [1.165, 1.54) is 18.2 Å². The van der Waals surface area contributed by atoms with E-state index in [4.69, 9.17) is 4.74 Å². The van der Waals surface area contributed by atoms with Gasteiger partial charge < -0.3 is 19.9 Å². The lowest BCUT2D eigenvalue weighted by Gasteiger charge is -2.35. The summed E-state index contributed by atoms with van der Waals surface area (Å²) in [5.41, 5.74) is -1.28. The summed E-state index contributed by atoms with van der Waals surface area (Å²) in [6.45, 7) is 2.31. The van der Waals surface area contributed by atoms with Crippen LogP contribution < -0.4 is 15.0 Å². The van der Waals surface area contributed by atoms with Crippen LogP contribution in [0.25, 0.3) is 0 Å². The first-order valence-electron chi connectivity index (χ1n) is 14.1. The molecule has 1 saturated carbocycles. The van der Waals surface area contributed by atoms with Crippen molar-refractivity contribution >= 4 is 23.1 Å². The maximum atomic E-state index is 13.3. The summed E-state index contributed by atoms with van der Waals surface area (Å²) in [7, 11) is 0. The van der Waals surface area contributed by atoms with E-state index in [9.17, 15) is 32.5 Å². The fourth-order valence-corrected chi connectivity index (χ4v) is 5.48. The van der Waals surface area contributed by atoms with Crippen LogP contribution in [0.1, 0.15) is 36.8 Å². The highest BCUT2D eigenvalue weighted by Gasteiger charge is 2.38. The highest BCUT2D eigenvalue weighted by molar-refractivity contribution is 5.79. The number of anilines is 2. The summed E-state index contributed by atoms with van der Waals surface area (Å²) in [5, 5.41) is 14.1. The minimum absolute atomic E-state index is 0.00392. The zero-order chi connectivity index (χ0) is 30.6. The van der Waals surface area contributed by atoms with Gasteiger partial charge in [0.25, 0.3) is 5.69 Å². The molecule has 2 heterocycles. The lowest BCUT2D eigenvalue weighted by Crippen LogP contribution is -2.49. The topological polar surface area (TPSA) is 101 Å². The third kappa shape index (κ3) is 7.70. The number of alkyl halides is 3. The molecule has 0 spiro atoms. The van der Waals surface area contributed by atoms with Gasteiger partial charge in [0.15, 0.2) is 0 Å². The Morgan fingerprint density at radius 2 is 1.70 bits per heavy atom. The van der Waals surface area contributed by atoms with Gasteiger partial charge in [-0.2, -0.15) is 13.2 Å². The van der Waals surface area contributed by atoms with Gasteiger partial charge >= 0.3 is 6.18 Å². The SMILES string of the molecule is O=C(Cc1ccc(F)cc1)N1CCN(c2cc(OC3CCC(Nc4ccc([N+](=O)[O-])c(C(F)(F)F)c4)CC3)ccn2)CC1. The van der Waals surface area contributed by atoms with Gasteiger partial charge in [0, 0.05) is 56.2 Å². The number of nitro benzene ring substituents is 1. The molecule has 13 heteroatoms. The molecule has 1 amide bonds. The molecule has 2 aliphatic rings. The number of amides is 1. The molecule has 43 heavy (non-hydrogen) atoms. The van der Waals surface area contributed by atoms with Gasteiger partial charge in [-0.25, -0.2) is 9.37 Å². The highest BCUT2D eigenvalue weighted by Crippen LogP contribution is 2.38. The Balaban J connectivity index is 1.10. The number of halogens is 4. The average molecular weight is 602 g/mol. The molecule has 1 saturated heterocycles. The Hall–Kier alpha value is -4.42. The number of nitrogens with one attached hydrogen (secondary N) is 1. The Morgan fingerprint density at radius 3 is 2.35 bits per heavy atom. The first-order valence-corrected chi connectivity index (χ1v) is 14.1. The average Bonchev–Trinajstić information content (AvgIpc) is 2.99. The van der Waals surface area contributed by atoms with Crippen LogP contribution in [-0.4, -0.2) is 59.0 Å². The van der Waals surface area contributed by atoms with E-state index < -0.39 is 22.4 Å². The third-order valence-corrected chi connectivity index (χ3v) is 7.79. The summed E-state index contributed by atoms with van der Waals surface area (Å²) < 4.78 is 59.3. The molecule has 1 aliphatic carbocycles. The molecule has 5 rings (SSSR count). The van der Waals surface area contributed by atoms with E-state index in [-0.39, 0.29) is 36.0 Å². The molecule has 3 aromatic rings. The van der Waals surface area contributed by atoms with Gasteiger partial charge in [-0.3, -0.25) is 14.9 Å². The largest absolute Gasteiger partial charge is 0.490 e. The number of hydrogen-bond donors (Lipinski definition) is 1. The Bertz CT molecular complexity index is 1440. The van der Waals surface area contributed by atoms with Crippen molar-refractivity contribution in [2.24, 2.45) is 0 Å². The molecular formula is C30H31F4N5O4. The van der Waals surface area contributed by atoms with Crippen LogP contribution in [0.3, 0.4) is 0 Å². The van der Waals surface area contributed by atoms with Crippen molar-refractivity contribution in [3.05, 3.63) is 87.9 Å². The van der Waals surface area contributed by atoms with Crippen molar-refractivity contribution < 1.29 is 32.0 Å². The predicted molar refractivity (Wildman–Crippen MR) is 152 cm³/mol. The number of hydrogen-bond acceptors (Lipinski definition) is 7. The lowest BCUT2D eigenvalue weighted by molar-refractivity contribution is -0.388. The maximum Gasteiger partial charge on any atom is 0.423 e. The van der Waals surface area contributed by atoms with Gasteiger partial charge in [-0.1, -0.05) is 12.1 Å². The second-order valence-electron chi connectivity index (χ2n) is 10.7. The number of carbonyl (C=O) groups excluding carboxylic acids is 1. The Kier molecular flexibility index (Phi) is 8.97. The second-order valence-corrected chi connectivity index (χ2v) is 10.7. The molecule has 0 bridgehead atoms. The fourth-order valence-electron chi connectivity index (χ4n) is 5.48. The van der Waals surface area contributed by atoms with Crippen LogP contribution in [0.15, 0.2) is 60.8 Å². The summed E-state index contributed by atoms with van der Waals surface area (Å²) in [5.74, 6) is 1.08. The molecule has 0 atom stereocenters. The predicted octanol–water partition coefficient (Wildman–Crippen LogP) is 5.84. The van der Waals surface area contributed by atoms with Crippen molar-refractivity contribution in [1.82, 2.24) is 9.88 Å². The molecular weight excluding hydrogens is 570 g/mol. The number of pyridine rings is 1. The van der Waals surface area contributed by atoms with E-state index in [1.54, 1.807) is 29.3 Å². The van der Waals surface area contributed by atoms with Gasteiger partial charge in [-0.05, 0) is 61.6 Å². The number of benzene rings is 2. The summed E-state index contributed by atoms with van der Waals surface area (Å²) in [4.78, 5) is 31.0. The zero-order valence-corrected chi connectivity index (χ0v) is 23.2. The first kappa shape index (κ1) is 30.1. The zero-order valence-electron chi connectivity index (χ0n) is 23.2. The Morgan fingerprint density at radius 1 is 1.00 bits per heavy atom. The van der Waals surface area contributed by atoms with Crippen molar-refractivity contribution in [1.29, 1.82) is 0 Å². The quantitative estimate of drug-likeness (QED) is 0.197. The lowest BCUT2D eigenvalue weighted by atomic mass is 9.92. The van der Waals surface area contributed by atoms with E-state index >= 15 is 0 Å². The van der Waals surface area contributed by atoms with Crippen LogP contribution in [0, 0.1) is 15.9 Å². The molecule has 9 nitrogen and oxygen atoms in total. The smallest absolute Gasteiger partial charge is 0.423 e. The van der Waals surface area contributed by atoms with Crippen molar-refractivity contribution in [3.8, 4) is 5.75 Å².